The van der Waals surface area contributed by atoms with E-state index in [-0.39, 0.29) is 0 Å². The highest BCUT2D eigenvalue weighted by atomic mass is 32.2. The van der Waals surface area contributed by atoms with Crippen molar-refractivity contribution in [2.24, 2.45) is 16.8 Å². The molecule has 0 amide bonds. The van der Waals surface area contributed by atoms with Crippen molar-refractivity contribution in [3.05, 3.63) is 0 Å². The molecule has 9 heteroatoms. The van der Waals surface area contributed by atoms with Crippen molar-refractivity contribution in [2.45, 2.75) is 19.3 Å². The van der Waals surface area contributed by atoms with Gasteiger partial charge < -0.3 is 15.0 Å². The van der Waals surface area contributed by atoms with Gasteiger partial charge >= 0.3 is 0 Å². The van der Waals surface area contributed by atoms with Gasteiger partial charge in [-0.1, -0.05) is 0 Å². The van der Waals surface area contributed by atoms with Crippen LogP contribution in [0.15, 0.2) is 4.99 Å². The van der Waals surface area contributed by atoms with Gasteiger partial charge in [0.1, 0.15) is 0 Å². The number of sulfonamides is 1. The summed E-state index contributed by atoms with van der Waals surface area (Å²) >= 11 is 0. The van der Waals surface area contributed by atoms with Crippen molar-refractivity contribution in [2.75, 3.05) is 78.9 Å². The lowest BCUT2D eigenvalue weighted by Crippen LogP contribution is -2.45. The number of morpholine rings is 1. The Kier molecular flexibility index (Phi) is 7.35. The van der Waals surface area contributed by atoms with Gasteiger partial charge in [-0.05, 0) is 31.1 Å². The van der Waals surface area contributed by atoms with E-state index in [1.165, 1.54) is 12.7 Å². The number of hydrogen-bond acceptors (Lipinski definition) is 5. The lowest BCUT2D eigenvalue weighted by molar-refractivity contribution is 0.0315. The van der Waals surface area contributed by atoms with Crippen molar-refractivity contribution in [3.63, 3.8) is 0 Å². The first-order valence-electron chi connectivity index (χ1n) is 10.2. The Morgan fingerprint density at radius 3 is 2.37 bits per heavy atom. The summed E-state index contributed by atoms with van der Waals surface area (Å²) in [5.41, 5.74) is 0. The zero-order valence-electron chi connectivity index (χ0n) is 16.8. The summed E-state index contributed by atoms with van der Waals surface area (Å²) in [6, 6.07) is 0. The van der Waals surface area contributed by atoms with Gasteiger partial charge in [0.05, 0.1) is 19.5 Å². The molecule has 0 aliphatic carbocycles. The number of nitrogens with zero attached hydrogens (tertiary/aromatic N) is 4. The summed E-state index contributed by atoms with van der Waals surface area (Å²) in [5, 5.41) is 3.53. The minimum Gasteiger partial charge on any atom is -0.379 e. The molecule has 3 aliphatic heterocycles. The molecule has 0 bridgehead atoms. The van der Waals surface area contributed by atoms with Crippen LogP contribution < -0.4 is 5.32 Å². The molecule has 0 aromatic heterocycles. The third kappa shape index (κ3) is 6.04. The van der Waals surface area contributed by atoms with E-state index in [2.05, 4.69) is 20.1 Å². The molecule has 156 valence electrons. The van der Waals surface area contributed by atoms with Crippen molar-refractivity contribution >= 4 is 16.0 Å². The molecule has 0 aromatic carbocycles. The van der Waals surface area contributed by atoms with Crippen LogP contribution in [0.4, 0.5) is 0 Å². The van der Waals surface area contributed by atoms with Gasteiger partial charge in [0, 0.05) is 59.4 Å². The molecule has 0 saturated carbocycles. The maximum Gasteiger partial charge on any atom is 0.211 e. The van der Waals surface area contributed by atoms with Gasteiger partial charge in [0.25, 0.3) is 0 Å². The Balaban J connectivity index is 1.39. The predicted molar refractivity (Wildman–Crippen MR) is 107 cm³/mol. The number of hydrogen-bond donors (Lipinski definition) is 1. The first kappa shape index (κ1) is 20.8. The van der Waals surface area contributed by atoms with Gasteiger partial charge in [-0.15, -0.1) is 0 Å². The molecule has 3 rings (SSSR count). The minimum atomic E-state index is -3.05. The first-order chi connectivity index (χ1) is 13.0. The maximum absolute atomic E-state index is 11.6. The van der Waals surface area contributed by atoms with E-state index in [0.29, 0.717) is 24.9 Å². The molecule has 3 aliphatic rings. The summed E-state index contributed by atoms with van der Waals surface area (Å²) in [7, 11) is -1.20. The molecular weight excluding hydrogens is 366 g/mol. The van der Waals surface area contributed by atoms with Crippen LogP contribution in [0.2, 0.25) is 0 Å². The summed E-state index contributed by atoms with van der Waals surface area (Å²) in [5.74, 6) is 2.19. The molecule has 27 heavy (non-hydrogen) atoms. The minimum absolute atomic E-state index is 0.506. The van der Waals surface area contributed by atoms with Crippen molar-refractivity contribution < 1.29 is 13.2 Å². The lowest BCUT2D eigenvalue weighted by atomic mass is 9.98. The summed E-state index contributed by atoms with van der Waals surface area (Å²) in [6.45, 7) is 9.23. The van der Waals surface area contributed by atoms with Crippen LogP contribution in [0.3, 0.4) is 0 Å². The SMILES string of the molecule is CN=C(NCC1CCN(S(C)(=O)=O)CC1)N1CCC(CN2CCOCC2)C1. The molecule has 1 atom stereocenters. The number of guanidine groups is 1. The van der Waals surface area contributed by atoms with Crippen molar-refractivity contribution in [3.8, 4) is 0 Å². The summed E-state index contributed by atoms with van der Waals surface area (Å²) in [4.78, 5) is 9.37. The van der Waals surface area contributed by atoms with E-state index in [1.807, 2.05) is 7.05 Å². The highest BCUT2D eigenvalue weighted by molar-refractivity contribution is 7.88. The normalized spacial score (nSPS) is 27.3. The third-order valence-corrected chi connectivity index (χ3v) is 7.31. The van der Waals surface area contributed by atoms with Gasteiger partial charge in [-0.2, -0.15) is 0 Å². The molecule has 0 aromatic rings. The van der Waals surface area contributed by atoms with Crippen LogP contribution in [0.5, 0.6) is 0 Å². The molecule has 3 saturated heterocycles. The summed E-state index contributed by atoms with van der Waals surface area (Å²) in [6.07, 6.45) is 4.34. The maximum atomic E-state index is 11.6. The largest absolute Gasteiger partial charge is 0.379 e. The highest BCUT2D eigenvalue weighted by Crippen LogP contribution is 2.20. The van der Waals surface area contributed by atoms with Crippen molar-refractivity contribution in [1.29, 1.82) is 0 Å². The zero-order chi connectivity index (χ0) is 19.3. The second-order valence-corrected chi connectivity index (χ2v) is 10.0. The lowest BCUT2D eigenvalue weighted by Gasteiger charge is -2.31. The third-order valence-electron chi connectivity index (χ3n) is 6.01. The van der Waals surface area contributed by atoms with Crippen LogP contribution in [-0.2, 0) is 14.8 Å². The van der Waals surface area contributed by atoms with Gasteiger partial charge in [0.15, 0.2) is 5.96 Å². The molecule has 3 heterocycles. The van der Waals surface area contributed by atoms with Crippen LogP contribution in [-0.4, -0.2) is 107 Å². The van der Waals surface area contributed by atoms with Crippen LogP contribution >= 0.6 is 0 Å². The molecule has 0 radical (unpaired) electrons. The Morgan fingerprint density at radius 1 is 1.07 bits per heavy atom. The van der Waals surface area contributed by atoms with E-state index in [0.717, 1.165) is 71.3 Å². The Morgan fingerprint density at radius 2 is 1.74 bits per heavy atom. The highest BCUT2D eigenvalue weighted by Gasteiger charge is 2.28. The molecule has 3 fully saturated rings. The average Bonchev–Trinajstić information content (AvgIpc) is 3.11. The number of ether oxygens (including phenoxy) is 1. The van der Waals surface area contributed by atoms with Crippen LogP contribution in [0.1, 0.15) is 19.3 Å². The number of likely N-dealkylation sites (tertiary alicyclic amines) is 1. The molecular formula is C18H35N5O3S. The molecule has 8 nitrogen and oxygen atoms in total. The van der Waals surface area contributed by atoms with E-state index in [4.69, 9.17) is 4.74 Å². The molecule has 1 unspecified atom stereocenters. The van der Waals surface area contributed by atoms with Gasteiger partial charge in [0.2, 0.25) is 10.0 Å². The van der Waals surface area contributed by atoms with E-state index in [9.17, 15) is 8.42 Å². The fourth-order valence-corrected chi connectivity index (χ4v) is 5.21. The number of nitrogens with one attached hydrogen (secondary N) is 1. The average molecular weight is 402 g/mol. The van der Waals surface area contributed by atoms with Gasteiger partial charge in [-0.25, -0.2) is 12.7 Å². The number of piperidine rings is 1. The topological polar surface area (TPSA) is 77.5 Å². The second kappa shape index (κ2) is 9.54. The van der Waals surface area contributed by atoms with E-state index in [1.54, 1.807) is 4.31 Å². The zero-order valence-corrected chi connectivity index (χ0v) is 17.6. The van der Waals surface area contributed by atoms with E-state index < -0.39 is 10.0 Å². The Labute approximate surface area is 164 Å². The smallest absolute Gasteiger partial charge is 0.211 e. The van der Waals surface area contributed by atoms with Gasteiger partial charge in [-0.3, -0.25) is 9.89 Å². The monoisotopic (exact) mass is 401 g/mol. The number of aliphatic imine (C=N–C) groups is 1. The fraction of sp³-hybridized carbons (Fsp3) is 0.944. The quantitative estimate of drug-likeness (QED) is 0.512. The predicted octanol–water partition coefficient (Wildman–Crippen LogP) is -0.112. The van der Waals surface area contributed by atoms with Crippen LogP contribution in [0.25, 0.3) is 0 Å². The summed E-state index contributed by atoms with van der Waals surface area (Å²) < 4.78 is 30.3. The van der Waals surface area contributed by atoms with Crippen molar-refractivity contribution in [1.82, 2.24) is 19.4 Å². The number of rotatable bonds is 5. The van der Waals surface area contributed by atoms with Crippen LogP contribution in [0, 0.1) is 11.8 Å². The second-order valence-electron chi connectivity index (χ2n) is 8.05. The Hall–Kier alpha value is -0.900. The molecule has 1 N–H and O–H groups in total. The van der Waals surface area contributed by atoms with E-state index >= 15 is 0 Å². The standard InChI is InChI=1S/C18H35N5O3S/c1-19-18(20-13-16-4-7-23(8-5-16)27(2,24)25)22-6-3-17(15-22)14-21-9-11-26-12-10-21/h16-17H,3-15H2,1-2H3,(H,19,20). The first-order valence-corrected chi connectivity index (χ1v) is 12.0. The molecule has 0 spiro atoms. The Bertz CT molecular complexity index is 598. The fourth-order valence-electron chi connectivity index (χ4n) is 4.34.